The Morgan fingerprint density at radius 3 is 1.78 bits per heavy atom. The van der Waals surface area contributed by atoms with E-state index in [2.05, 4.69) is 6.92 Å². The van der Waals surface area contributed by atoms with Crippen molar-refractivity contribution in [3.63, 3.8) is 0 Å². The Kier molecular flexibility index (Phi) is 15.1. The number of carbonyl (C=O) groups is 1. The van der Waals surface area contributed by atoms with Gasteiger partial charge in [0.25, 0.3) is 0 Å². The van der Waals surface area contributed by atoms with Crippen LogP contribution < -0.4 is 0 Å². The summed E-state index contributed by atoms with van der Waals surface area (Å²) < 4.78 is 0. The second-order valence-electron chi connectivity index (χ2n) is 5.25. The highest BCUT2D eigenvalue weighted by molar-refractivity contribution is 7.99. The fraction of sp³-hybridized carbons (Fsp3) is 0.938. The molecule has 0 rings (SSSR count). The van der Waals surface area contributed by atoms with Crippen LogP contribution in [0.3, 0.4) is 0 Å². The van der Waals surface area contributed by atoms with E-state index in [0.29, 0.717) is 5.78 Å². The van der Waals surface area contributed by atoms with Crippen LogP contribution in [0.4, 0.5) is 0 Å². The third kappa shape index (κ3) is 16.0. The molecule has 0 aromatic carbocycles. The van der Waals surface area contributed by atoms with Gasteiger partial charge in [-0.15, -0.1) is 0 Å². The Bertz CT molecular complexity index is 180. The van der Waals surface area contributed by atoms with Gasteiger partial charge in [-0.05, 0) is 19.1 Å². The number of Topliss-reactive ketones (excluding diaryl/α,β-unsaturated/α-hetero) is 1. The zero-order valence-corrected chi connectivity index (χ0v) is 13.3. The van der Waals surface area contributed by atoms with Gasteiger partial charge in [-0.2, -0.15) is 11.8 Å². The van der Waals surface area contributed by atoms with Crippen molar-refractivity contribution in [2.45, 2.75) is 84.5 Å². The molecular formula is C16H32OS. The fourth-order valence-corrected chi connectivity index (χ4v) is 3.05. The van der Waals surface area contributed by atoms with Crippen LogP contribution in [0.5, 0.6) is 0 Å². The largest absolute Gasteiger partial charge is 0.300 e. The predicted molar refractivity (Wildman–Crippen MR) is 84.5 cm³/mol. The lowest BCUT2D eigenvalue weighted by Gasteiger charge is -2.02. The summed E-state index contributed by atoms with van der Waals surface area (Å²) in [4.78, 5) is 10.7. The lowest BCUT2D eigenvalue weighted by atomic mass is 10.1. The molecule has 0 heterocycles. The molecule has 0 spiro atoms. The first-order valence-electron chi connectivity index (χ1n) is 7.84. The van der Waals surface area contributed by atoms with Crippen molar-refractivity contribution < 1.29 is 4.79 Å². The molecule has 0 saturated heterocycles. The maximum absolute atomic E-state index is 10.7. The highest BCUT2D eigenvalue weighted by Crippen LogP contribution is 2.12. The van der Waals surface area contributed by atoms with Crippen molar-refractivity contribution in [2.75, 3.05) is 11.5 Å². The third-order valence-corrected chi connectivity index (χ3v) is 4.31. The smallest absolute Gasteiger partial charge is 0.130 e. The predicted octanol–water partition coefficient (Wildman–Crippen LogP) is 5.62. The minimum atomic E-state index is 0.325. The summed E-state index contributed by atoms with van der Waals surface area (Å²) in [5.41, 5.74) is 0. The summed E-state index contributed by atoms with van der Waals surface area (Å²) in [7, 11) is 0. The van der Waals surface area contributed by atoms with Crippen LogP contribution in [-0.4, -0.2) is 17.3 Å². The van der Waals surface area contributed by atoms with Gasteiger partial charge < -0.3 is 0 Å². The van der Waals surface area contributed by atoms with E-state index in [9.17, 15) is 4.79 Å². The summed E-state index contributed by atoms with van der Waals surface area (Å²) >= 11 is 1.94. The van der Waals surface area contributed by atoms with Crippen LogP contribution >= 0.6 is 11.8 Å². The normalized spacial score (nSPS) is 10.8. The van der Waals surface area contributed by atoms with Crippen molar-refractivity contribution in [1.82, 2.24) is 0 Å². The van der Waals surface area contributed by atoms with Crippen LogP contribution in [0.15, 0.2) is 0 Å². The fourth-order valence-electron chi connectivity index (χ4n) is 2.01. The first-order chi connectivity index (χ1) is 8.77. The van der Waals surface area contributed by atoms with Crippen molar-refractivity contribution in [3.05, 3.63) is 0 Å². The van der Waals surface area contributed by atoms with Gasteiger partial charge in [0.1, 0.15) is 5.78 Å². The van der Waals surface area contributed by atoms with Gasteiger partial charge in [-0.25, -0.2) is 0 Å². The van der Waals surface area contributed by atoms with Gasteiger partial charge in [0.2, 0.25) is 0 Å². The molecule has 0 unspecified atom stereocenters. The van der Waals surface area contributed by atoms with Gasteiger partial charge in [0.15, 0.2) is 0 Å². The van der Waals surface area contributed by atoms with E-state index in [-0.39, 0.29) is 0 Å². The Balaban J connectivity index is 2.92. The quantitative estimate of drug-likeness (QED) is 0.382. The van der Waals surface area contributed by atoms with Crippen molar-refractivity contribution >= 4 is 17.5 Å². The maximum Gasteiger partial charge on any atom is 0.130 e. The Labute approximate surface area is 118 Å². The first-order valence-corrected chi connectivity index (χ1v) is 9.00. The lowest BCUT2D eigenvalue weighted by Crippen LogP contribution is -1.92. The molecule has 0 atom stereocenters. The van der Waals surface area contributed by atoms with Crippen LogP contribution in [0.2, 0.25) is 0 Å². The van der Waals surface area contributed by atoms with E-state index in [1.165, 1.54) is 70.0 Å². The molecule has 18 heavy (non-hydrogen) atoms. The van der Waals surface area contributed by atoms with Crippen LogP contribution in [0.1, 0.15) is 84.5 Å². The van der Waals surface area contributed by atoms with Crippen molar-refractivity contribution in [1.29, 1.82) is 0 Å². The van der Waals surface area contributed by atoms with Crippen LogP contribution in [0.25, 0.3) is 0 Å². The Morgan fingerprint density at radius 2 is 1.28 bits per heavy atom. The SMILES string of the molecule is CCCCCCCCCCCCSCCC(C)=O. The summed E-state index contributed by atoms with van der Waals surface area (Å²) in [5.74, 6) is 2.59. The second kappa shape index (κ2) is 15.1. The summed E-state index contributed by atoms with van der Waals surface area (Å²) in [6.07, 6.45) is 14.8. The zero-order chi connectivity index (χ0) is 13.5. The molecule has 0 N–H and O–H groups in total. The molecule has 0 aliphatic carbocycles. The van der Waals surface area contributed by atoms with Gasteiger partial charge >= 0.3 is 0 Å². The average molecular weight is 272 g/mol. The average Bonchev–Trinajstić information content (AvgIpc) is 2.34. The topological polar surface area (TPSA) is 17.1 Å². The van der Waals surface area contributed by atoms with Crippen LogP contribution in [0, 0.1) is 0 Å². The molecule has 0 aromatic rings. The van der Waals surface area contributed by atoms with Gasteiger partial charge in [-0.3, -0.25) is 4.79 Å². The highest BCUT2D eigenvalue weighted by atomic mass is 32.2. The first kappa shape index (κ1) is 18.0. The summed E-state index contributed by atoms with van der Waals surface area (Å²) in [6, 6.07) is 0. The third-order valence-electron chi connectivity index (χ3n) is 3.24. The monoisotopic (exact) mass is 272 g/mol. The number of rotatable bonds is 14. The molecule has 0 bridgehead atoms. The van der Waals surface area contributed by atoms with Gasteiger partial charge in [0.05, 0.1) is 0 Å². The van der Waals surface area contributed by atoms with E-state index in [1.54, 1.807) is 6.92 Å². The highest BCUT2D eigenvalue weighted by Gasteiger charge is 1.95. The number of carbonyl (C=O) groups excluding carboxylic acids is 1. The minimum absolute atomic E-state index is 0.325. The Hall–Kier alpha value is 0.0200. The zero-order valence-electron chi connectivity index (χ0n) is 12.5. The van der Waals surface area contributed by atoms with Crippen LogP contribution in [-0.2, 0) is 4.79 Å². The molecular weight excluding hydrogens is 240 g/mol. The molecule has 108 valence electrons. The summed E-state index contributed by atoms with van der Waals surface area (Å²) in [5, 5.41) is 0. The molecule has 0 fully saturated rings. The van der Waals surface area contributed by atoms with Crippen molar-refractivity contribution in [2.24, 2.45) is 0 Å². The van der Waals surface area contributed by atoms with Crippen molar-refractivity contribution in [3.8, 4) is 0 Å². The standard InChI is InChI=1S/C16H32OS/c1-3-4-5-6-7-8-9-10-11-12-14-18-15-13-16(2)17/h3-15H2,1-2H3. The molecule has 2 heteroatoms. The molecule has 0 saturated carbocycles. The molecule has 0 aromatic heterocycles. The number of thioether (sulfide) groups is 1. The minimum Gasteiger partial charge on any atom is -0.300 e. The van der Waals surface area contributed by atoms with E-state index >= 15 is 0 Å². The number of hydrogen-bond donors (Lipinski definition) is 0. The van der Waals surface area contributed by atoms with E-state index in [1.807, 2.05) is 11.8 Å². The maximum atomic E-state index is 10.7. The van der Waals surface area contributed by atoms with E-state index in [4.69, 9.17) is 0 Å². The molecule has 0 radical (unpaired) electrons. The lowest BCUT2D eigenvalue weighted by molar-refractivity contribution is -0.116. The molecule has 0 amide bonds. The second-order valence-corrected chi connectivity index (χ2v) is 6.47. The number of unbranched alkanes of at least 4 members (excludes halogenated alkanes) is 9. The van der Waals surface area contributed by atoms with E-state index in [0.717, 1.165) is 12.2 Å². The molecule has 0 aliphatic heterocycles. The van der Waals surface area contributed by atoms with Gasteiger partial charge in [0, 0.05) is 12.2 Å². The molecule has 1 nitrogen and oxygen atoms in total. The molecule has 0 aliphatic rings. The van der Waals surface area contributed by atoms with Gasteiger partial charge in [-0.1, -0.05) is 64.7 Å². The van der Waals surface area contributed by atoms with E-state index < -0.39 is 0 Å². The number of ketones is 1. The summed E-state index contributed by atoms with van der Waals surface area (Å²) in [6.45, 7) is 3.95. The Morgan fingerprint density at radius 1 is 0.778 bits per heavy atom. The number of hydrogen-bond acceptors (Lipinski definition) is 2.